The number of benzene rings is 1. The zero-order chi connectivity index (χ0) is 13.0. The third kappa shape index (κ3) is 3.84. The van der Waals surface area contributed by atoms with Gasteiger partial charge in [0.05, 0.1) is 6.61 Å². The molecule has 2 atom stereocenters. The van der Waals surface area contributed by atoms with E-state index in [1.807, 2.05) is 17.8 Å². The van der Waals surface area contributed by atoms with Crippen molar-refractivity contribution in [3.8, 4) is 5.75 Å². The van der Waals surface area contributed by atoms with Crippen molar-refractivity contribution in [3.05, 3.63) is 24.3 Å². The number of anilines is 1. The summed E-state index contributed by atoms with van der Waals surface area (Å²) >= 11 is 2.03. The fourth-order valence-electron chi connectivity index (χ4n) is 2.00. The van der Waals surface area contributed by atoms with Gasteiger partial charge in [0, 0.05) is 23.5 Å². The van der Waals surface area contributed by atoms with Crippen molar-refractivity contribution in [3.63, 3.8) is 0 Å². The van der Waals surface area contributed by atoms with Crippen molar-refractivity contribution in [2.75, 3.05) is 23.4 Å². The Hall–Kier alpha value is -0.830. The molecular weight excluding hydrogens is 242 g/mol. The van der Waals surface area contributed by atoms with Crippen molar-refractivity contribution < 1.29 is 4.74 Å². The largest absolute Gasteiger partial charge is 0.493 e. The molecule has 0 amide bonds. The molecule has 1 aromatic rings. The second-order valence-electron chi connectivity index (χ2n) is 5.50. The Morgan fingerprint density at radius 1 is 1.39 bits per heavy atom. The molecule has 1 aliphatic heterocycles. The van der Waals surface area contributed by atoms with E-state index < -0.39 is 0 Å². The first-order valence-corrected chi connectivity index (χ1v) is 7.88. The molecule has 1 fully saturated rings. The molecule has 0 radical (unpaired) electrons. The first-order chi connectivity index (χ1) is 8.65. The smallest absolute Gasteiger partial charge is 0.121 e. The molecule has 1 aliphatic rings. The zero-order valence-corrected chi connectivity index (χ0v) is 12.3. The van der Waals surface area contributed by atoms with Gasteiger partial charge in [0.1, 0.15) is 5.75 Å². The first kappa shape index (κ1) is 13.6. The molecule has 2 rings (SSSR count). The van der Waals surface area contributed by atoms with Crippen LogP contribution >= 0.6 is 11.8 Å². The van der Waals surface area contributed by atoms with Gasteiger partial charge in [-0.2, -0.15) is 11.8 Å². The molecule has 18 heavy (non-hydrogen) atoms. The summed E-state index contributed by atoms with van der Waals surface area (Å²) in [6.45, 7) is 7.43. The highest BCUT2D eigenvalue weighted by Crippen LogP contribution is 2.27. The molecule has 0 bridgehead atoms. The van der Waals surface area contributed by atoms with Crippen LogP contribution in [-0.4, -0.2) is 24.2 Å². The molecule has 1 N–H and O–H groups in total. The van der Waals surface area contributed by atoms with Gasteiger partial charge in [-0.15, -0.1) is 0 Å². The Kier molecular flexibility index (Phi) is 4.81. The topological polar surface area (TPSA) is 21.3 Å². The molecule has 2 nitrogen and oxygen atoms in total. The van der Waals surface area contributed by atoms with E-state index in [0.717, 1.165) is 18.3 Å². The number of thioether (sulfide) groups is 1. The molecule has 0 aromatic heterocycles. The van der Waals surface area contributed by atoms with Gasteiger partial charge in [-0.1, -0.05) is 26.8 Å². The summed E-state index contributed by atoms with van der Waals surface area (Å²) in [6.07, 6.45) is 0. The van der Waals surface area contributed by atoms with Gasteiger partial charge < -0.3 is 10.1 Å². The van der Waals surface area contributed by atoms with E-state index in [-0.39, 0.29) is 0 Å². The van der Waals surface area contributed by atoms with E-state index in [4.69, 9.17) is 4.74 Å². The average Bonchev–Trinajstić information content (AvgIpc) is 2.73. The summed E-state index contributed by atoms with van der Waals surface area (Å²) < 4.78 is 5.75. The van der Waals surface area contributed by atoms with E-state index in [9.17, 15) is 0 Å². The fourth-order valence-corrected chi connectivity index (χ4v) is 3.40. The number of hydrogen-bond donors (Lipinski definition) is 1. The summed E-state index contributed by atoms with van der Waals surface area (Å²) in [4.78, 5) is 0. The predicted octanol–water partition coefficient (Wildman–Crippen LogP) is 3.88. The van der Waals surface area contributed by atoms with Crippen LogP contribution in [0, 0.1) is 11.8 Å². The van der Waals surface area contributed by atoms with Crippen LogP contribution < -0.4 is 10.1 Å². The van der Waals surface area contributed by atoms with Gasteiger partial charge in [0.15, 0.2) is 0 Å². The minimum atomic E-state index is 0.563. The van der Waals surface area contributed by atoms with Crippen molar-refractivity contribution in [1.82, 2.24) is 0 Å². The number of nitrogens with one attached hydrogen (secondary N) is 1. The van der Waals surface area contributed by atoms with Gasteiger partial charge in [-0.25, -0.2) is 0 Å². The predicted molar refractivity (Wildman–Crippen MR) is 80.7 cm³/mol. The number of ether oxygens (including phenoxy) is 1. The second kappa shape index (κ2) is 6.37. The van der Waals surface area contributed by atoms with Gasteiger partial charge >= 0.3 is 0 Å². The van der Waals surface area contributed by atoms with E-state index in [1.54, 1.807) is 0 Å². The summed E-state index contributed by atoms with van der Waals surface area (Å²) in [6, 6.07) is 8.91. The van der Waals surface area contributed by atoms with Crippen LogP contribution in [0.3, 0.4) is 0 Å². The standard InChI is InChI=1S/C15H23NOS/c1-11(2)8-17-14-6-4-5-13(7-14)16-15-10-18-9-12(15)3/h4-7,11-12,15-16H,8-10H2,1-3H3. The van der Waals surface area contributed by atoms with Crippen LogP contribution in [0.25, 0.3) is 0 Å². The lowest BCUT2D eigenvalue weighted by molar-refractivity contribution is 0.271. The van der Waals surface area contributed by atoms with Crippen molar-refractivity contribution in [1.29, 1.82) is 0 Å². The lowest BCUT2D eigenvalue weighted by atomic mass is 10.1. The third-order valence-corrected chi connectivity index (χ3v) is 4.49. The normalized spacial score (nSPS) is 23.3. The zero-order valence-electron chi connectivity index (χ0n) is 11.5. The minimum Gasteiger partial charge on any atom is -0.493 e. The summed E-state index contributed by atoms with van der Waals surface area (Å²) in [5.74, 6) is 4.74. The van der Waals surface area contributed by atoms with Crippen LogP contribution in [0.4, 0.5) is 5.69 Å². The summed E-state index contributed by atoms with van der Waals surface area (Å²) in [7, 11) is 0. The van der Waals surface area contributed by atoms with E-state index in [2.05, 4.69) is 44.3 Å². The van der Waals surface area contributed by atoms with Crippen LogP contribution in [0.15, 0.2) is 24.3 Å². The Labute approximate surface area is 114 Å². The van der Waals surface area contributed by atoms with Gasteiger partial charge in [0.2, 0.25) is 0 Å². The quantitative estimate of drug-likeness (QED) is 0.873. The van der Waals surface area contributed by atoms with E-state index in [1.165, 1.54) is 17.2 Å². The maximum atomic E-state index is 5.75. The first-order valence-electron chi connectivity index (χ1n) is 6.72. The molecule has 3 heteroatoms. The Balaban J connectivity index is 1.94. The Morgan fingerprint density at radius 3 is 2.89 bits per heavy atom. The van der Waals surface area contributed by atoms with Crippen LogP contribution in [0.1, 0.15) is 20.8 Å². The molecule has 2 unspecified atom stereocenters. The highest BCUT2D eigenvalue weighted by molar-refractivity contribution is 7.99. The van der Waals surface area contributed by atoms with Crippen LogP contribution in [-0.2, 0) is 0 Å². The molecule has 1 aromatic carbocycles. The van der Waals surface area contributed by atoms with Crippen molar-refractivity contribution >= 4 is 17.4 Å². The van der Waals surface area contributed by atoms with Crippen LogP contribution in [0.5, 0.6) is 5.75 Å². The summed E-state index contributed by atoms with van der Waals surface area (Å²) in [5.41, 5.74) is 1.18. The van der Waals surface area contributed by atoms with Gasteiger partial charge in [-0.05, 0) is 29.7 Å². The van der Waals surface area contributed by atoms with Gasteiger partial charge in [-0.3, -0.25) is 0 Å². The van der Waals surface area contributed by atoms with Crippen LogP contribution in [0.2, 0.25) is 0 Å². The van der Waals surface area contributed by atoms with E-state index in [0.29, 0.717) is 12.0 Å². The monoisotopic (exact) mass is 265 g/mol. The minimum absolute atomic E-state index is 0.563. The molecule has 1 heterocycles. The molecule has 0 saturated carbocycles. The van der Waals surface area contributed by atoms with Crippen molar-refractivity contribution in [2.45, 2.75) is 26.8 Å². The maximum absolute atomic E-state index is 5.75. The lowest BCUT2D eigenvalue weighted by Crippen LogP contribution is -2.25. The Bertz CT molecular complexity index is 381. The van der Waals surface area contributed by atoms with Crippen molar-refractivity contribution in [2.24, 2.45) is 11.8 Å². The number of hydrogen-bond acceptors (Lipinski definition) is 3. The second-order valence-corrected chi connectivity index (χ2v) is 6.57. The number of rotatable bonds is 5. The maximum Gasteiger partial charge on any atom is 0.121 e. The lowest BCUT2D eigenvalue weighted by Gasteiger charge is -2.18. The molecule has 0 aliphatic carbocycles. The van der Waals surface area contributed by atoms with Gasteiger partial charge in [0.25, 0.3) is 0 Å². The molecule has 1 saturated heterocycles. The molecule has 100 valence electrons. The Morgan fingerprint density at radius 2 is 2.22 bits per heavy atom. The molecule has 0 spiro atoms. The fraction of sp³-hybridized carbons (Fsp3) is 0.600. The summed E-state index contributed by atoms with van der Waals surface area (Å²) in [5, 5.41) is 3.62. The average molecular weight is 265 g/mol. The highest BCUT2D eigenvalue weighted by Gasteiger charge is 2.23. The van der Waals surface area contributed by atoms with E-state index >= 15 is 0 Å². The third-order valence-electron chi connectivity index (χ3n) is 3.13. The SMILES string of the molecule is CC(C)COc1cccc(NC2CSCC2C)c1. The highest BCUT2D eigenvalue weighted by atomic mass is 32.2. The molecular formula is C15H23NOS.